The largest absolute Gasteiger partial charge is 0.294 e. The first-order chi connectivity index (χ1) is 9.65. The van der Waals surface area contributed by atoms with Gasteiger partial charge in [-0.15, -0.1) is 0 Å². The predicted molar refractivity (Wildman–Crippen MR) is 84.0 cm³/mol. The Morgan fingerprint density at radius 2 is 2.00 bits per heavy atom. The van der Waals surface area contributed by atoms with Crippen molar-refractivity contribution in [3.63, 3.8) is 0 Å². The van der Waals surface area contributed by atoms with Crippen LogP contribution < -0.4 is 5.56 Å². The fraction of sp³-hybridized carbons (Fsp3) is 0.125. The van der Waals surface area contributed by atoms with E-state index in [1.807, 2.05) is 49.4 Å². The van der Waals surface area contributed by atoms with Crippen LogP contribution in [0.2, 0.25) is 0 Å². The Balaban J connectivity index is 2.09. The molecule has 0 radical (unpaired) electrons. The van der Waals surface area contributed by atoms with Gasteiger partial charge in [-0.25, -0.2) is 4.98 Å². The Morgan fingerprint density at radius 1 is 1.20 bits per heavy atom. The molecule has 0 unspecified atom stereocenters. The topological polar surface area (TPSA) is 34.9 Å². The molecular weight excluding hydrogens is 316 g/mol. The fourth-order valence-electron chi connectivity index (χ4n) is 2.22. The lowest BCUT2D eigenvalue weighted by molar-refractivity contribution is 0.744. The number of hydrogen-bond donors (Lipinski definition) is 0. The first kappa shape index (κ1) is 13.1. The molecule has 0 N–H and O–H groups in total. The van der Waals surface area contributed by atoms with Gasteiger partial charge < -0.3 is 0 Å². The third-order valence-corrected chi connectivity index (χ3v) is 3.88. The van der Waals surface area contributed by atoms with Crippen molar-refractivity contribution in [3.05, 3.63) is 74.7 Å². The third kappa shape index (κ3) is 2.39. The average molecular weight is 329 g/mol. The normalized spacial score (nSPS) is 10.9. The van der Waals surface area contributed by atoms with Crippen molar-refractivity contribution < 1.29 is 0 Å². The molecule has 0 aliphatic rings. The van der Waals surface area contributed by atoms with Crippen molar-refractivity contribution >= 4 is 26.8 Å². The highest BCUT2D eigenvalue weighted by molar-refractivity contribution is 9.10. The lowest BCUT2D eigenvalue weighted by Crippen LogP contribution is -2.21. The lowest BCUT2D eigenvalue weighted by atomic mass is 10.1. The average Bonchev–Trinajstić information content (AvgIpc) is 2.44. The van der Waals surface area contributed by atoms with Gasteiger partial charge in [-0.1, -0.05) is 40.2 Å². The molecule has 2 aromatic carbocycles. The van der Waals surface area contributed by atoms with Gasteiger partial charge in [0.2, 0.25) is 0 Å². The van der Waals surface area contributed by atoms with E-state index < -0.39 is 0 Å². The lowest BCUT2D eigenvalue weighted by Gasteiger charge is -2.09. The molecule has 0 bridgehead atoms. The van der Waals surface area contributed by atoms with Crippen molar-refractivity contribution in [1.29, 1.82) is 0 Å². The molecular formula is C16H13BrN2O. The zero-order chi connectivity index (χ0) is 14.1. The van der Waals surface area contributed by atoms with Gasteiger partial charge >= 0.3 is 0 Å². The molecule has 4 heteroatoms. The maximum absolute atomic E-state index is 12.5. The summed E-state index contributed by atoms with van der Waals surface area (Å²) >= 11 is 3.39. The number of fused-ring (bicyclic) bond motifs is 1. The Morgan fingerprint density at radius 3 is 2.80 bits per heavy atom. The van der Waals surface area contributed by atoms with Crippen LogP contribution in [0.4, 0.5) is 0 Å². The van der Waals surface area contributed by atoms with Crippen LogP contribution in [0.1, 0.15) is 11.1 Å². The monoisotopic (exact) mass is 328 g/mol. The van der Waals surface area contributed by atoms with E-state index >= 15 is 0 Å². The standard InChI is InChI=1S/C16H13BrN2O/c1-11-4-2-3-5-12(11)9-19-10-18-15-8-13(17)6-7-14(15)16(19)20/h2-8,10H,9H2,1H3. The molecule has 1 heterocycles. The predicted octanol–water partition coefficient (Wildman–Crippen LogP) is 3.52. The van der Waals surface area contributed by atoms with E-state index in [0.717, 1.165) is 10.0 Å². The number of aryl methyl sites for hydroxylation is 1. The van der Waals surface area contributed by atoms with Crippen molar-refractivity contribution in [1.82, 2.24) is 9.55 Å². The van der Waals surface area contributed by atoms with Gasteiger partial charge in [-0.2, -0.15) is 0 Å². The zero-order valence-electron chi connectivity index (χ0n) is 11.0. The smallest absolute Gasteiger partial charge is 0.261 e. The van der Waals surface area contributed by atoms with Crippen molar-refractivity contribution in [2.75, 3.05) is 0 Å². The summed E-state index contributed by atoms with van der Waals surface area (Å²) in [6, 6.07) is 13.6. The molecule has 0 aliphatic carbocycles. The van der Waals surface area contributed by atoms with E-state index in [2.05, 4.69) is 20.9 Å². The minimum absolute atomic E-state index is 0.00856. The summed E-state index contributed by atoms with van der Waals surface area (Å²) in [5.74, 6) is 0. The summed E-state index contributed by atoms with van der Waals surface area (Å²) in [6.45, 7) is 2.59. The second-order valence-corrected chi connectivity index (χ2v) is 5.68. The van der Waals surface area contributed by atoms with Crippen LogP contribution in [0.15, 0.2) is 58.1 Å². The van der Waals surface area contributed by atoms with E-state index in [0.29, 0.717) is 17.4 Å². The Bertz CT molecular complexity index is 839. The summed E-state index contributed by atoms with van der Waals surface area (Å²) < 4.78 is 2.58. The second kappa shape index (κ2) is 5.21. The molecule has 0 spiro atoms. The van der Waals surface area contributed by atoms with Crippen LogP contribution in [0.25, 0.3) is 10.9 Å². The zero-order valence-corrected chi connectivity index (χ0v) is 12.6. The van der Waals surface area contributed by atoms with Crippen LogP contribution in [0.3, 0.4) is 0 Å². The van der Waals surface area contributed by atoms with E-state index in [1.165, 1.54) is 5.56 Å². The molecule has 0 aliphatic heterocycles. The van der Waals surface area contributed by atoms with Crippen LogP contribution >= 0.6 is 15.9 Å². The van der Waals surface area contributed by atoms with Crippen molar-refractivity contribution in [2.45, 2.75) is 13.5 Å². The highest BCUT2D eigenvalue weighted by atomic mass is 79.9. The SMILES string of the molecule is Cc1ccccc1Cn1cnc2cc(Br)ccc2c1=O. The van der Waals surface area contributed by atoms with E-state index in [4.69, 9.17) is 0 Å². The minimum atomic E-state index is -0.00856. The van der Waals surface area contributed by atoms with Crippen molar-refractivity contribution in [3.8, 4) is 0 Å². The van der Waals surface area contributed by atoms with E-state index in [9.17, 15) is 4.79 Å². The summed E-state index contributed by atoms with van der Waals surface area (Å²) in [6.07, 6.45) is 1.61. The molecule has 0 amide bonds. The summed E-state index contributed by atoms with van der Waals surface area (Å²) in [7, 11) is 0. The number of hydrogen-bond acceptors (Lipinski definition) is 2. The molecule has 3 nitrogen and oxygen atoms in total. The number of benzene rings is 2. The molecule has 0 saturated heterocycles. The molecule has 0 atom stereocenters. The number of rotatable bonds is 2. The van der Waals surface area contributed by atoms with Crippen LogP contribution in [-0.4, -0.2) is 9.55 Å². The molecule has 3 aromatic rings. The Kier molecular flexibility index (Phi) is 3.40. The molecule has 0 fully saturated rings. The van der Waals surface area contributed by atoms with Gasteiger partial charge in [0.15, 0.2) is 0 Å². The number of aromatic nitrogens is 2. The third-order valence-electron chi connectivity index (χ3n) is 3.39. The van der Waals surface area contributed by atoms with Crippen molar-refractivity contribution in [2.24, 2.45) is 0 Å². The maximum atomic E-state index is 12.5. The molecule has 100 valence electrons. The molecule has 20 heavy (non-hydrogen) atoms. The number of nitrogens with zero attached hydrogens (tertiary/aromatic N) is 2. The molecule has 1 aromatic heterocycles. The van der Waals surface area contributed by atoms with Crippen LogP contribution in [0.5, 0.6) is 0 Å². The van der Waals surface area contributed by atoms with Crippen LogP contribution in [0, 0.1) is 6.92 Å². The quantitative estimate of drug-likeness (QED) is 0.721. The second-order valence-electron chi connectivity index (χ2n) is 4.77. The summed E-state index contributed by atoms with van der Waals surface area (Å²) in [5, 5.41) is 0.643. The molecule has 3 rings (SSSR count). The summed E-state index contributed by atoms with van der Waals surface area (Å²) in [5.41, 5.74) is 3.01. The first-order valence-electron chi connectivity index (χ1n) is 6.34. The van der Waals surface area contributed by atoms with Gasteiger partial charge in [0.25, 0.3) is 5.56 Å². The Labute approximate surface area is 125 Å². The van der Waals surface area contributed by atoms with Gasteiger partial charge in [-0.3, -0.25) is 9.36 Å². The van der Waals surface area contributed by atoms with Gasteiger partial charge in [-0.05, 0) is 36.2 Å². The van der Waals surface area contributed by atoms with Gasteiger partial charge in [0.05, 0.1) is 23.8 Å². The van der Waals surface area contributed by atoms with Gasteiger partial charge in [0.1, 0.15) is 0 Å². The highest BCUT2D eigenvalue weighted by Crippen LogP contribution is 2.15. The summed E-state index contributed by atoms with van der Waals surface area (Å²) in [4.78, 5) is 16.8. The van der Waals surface area contributed by atoms with E-state index in [1.54, 1.807) is 10.9 Å². The van der Waals surface area contributed by atoms with E-state index in [-0.39, 0.29) is 5.56 Å². The fourth-order valence-corrected chi connectivity index (χ4v) is 2.56. The maximum Gasteiger partial charge on any atom is 0.261 e. The minimum Gasteiger partial charge on any atom is -0.294 e. The Hall–Kier alpha value is -1.94. The van der Waals surface area contributed by atoms with Gasteiger partial charge in [0, 0.05) is 4.47 Å². The first-order valence-corrected chi connectivity index (χ1v) is 7.13. The molecule has 0 saturated carbocycles. The highest BCUT2D eigenvalue weighted by Gasteiger charge is 2.06. The number of halogens is 1. The van der Waals surface area contributed by atoms with Crippen LogP contribution in [-0.2, 0) is 6.54 Å².